The van der Waals surface area contributed by atoms with E-state index in [1.807, 2.05) is 4.90 Å². The molecule has 0 bridgehead atoms. The fourth-order valence-electron chi connectivity index (χ4n) is 3.88. The van der Waals surface area contributed by atoms with Crippen LogP contribution in [-0.2, 0) is 4.79 Å². The molecule has 5 nitrogen and oxygen atoms in total. The Morgan fingerprint density at radius 2 is 2.12 bits per heavy atom. The van der Waals surface area contributed by atoms with Gasteiger partial charge in [0.15, 0.2) is 0 Å². The summed E-state index contributed by atoms with van der Waals surface area (Å²) < 4.78 is 13.2. The van der Waals surface area contributed by atoms with E-state index in [0.29, 0.717) is 5.92 Å². The van der Waals surface area contributed by atoms with Gasteiger partial charge in [0.25, 0.3) is 5.91 Å². The molecule has 0 aromatic heterocycles. The molecule has 0 aliphatic carbocycles. The molecule has 0 saturated carbocycles. The van der Waals surface area contributed by atoms with Crippen molar-refractivity contribution in [1.29, 1.82) is 0 Å². The molecular formula is C18H24FN3O2. The highest BCUT2D eigenvalue weighted by molar-refractivity contribution is 5.96. The van der Waals surface area contributed by atoms with Crippen molar-refractivity contribution in [2.75, 3.05) is 33.2 Å². The lowest BCUT2D eigenvalue weighted by Crippen LogP contribution is -2.56. The van der Waals surface area contributed by atoms with Crippen molar-refractivity contribution >= 4 is 11.8 Å². The van der Waals surface area contributed by atoms with Gasteiger partial charge in [0.2, 0.25) is 5.91 Å². The lowest BCUT2D eigenvalue weighted by atomic mass is 9.84. The lowest BCUT2D eigenvalue weighted by molar-refractivity contribution is -0.137. The van der Waals surface area contributed by atoms with Gasteiger partial charge in [0, 0.05) is 24.7 Å². The molecule has 2 amide bonds. The van der Waals surface area contributed by atoms with Crippen LogP contribution in [0.25, 0.3) is 0 Å². The summed E-state index contributed by atoms with van der Waals surface area (Å²) in [6.45, 7) is 2.76. The summed E-state index contributed by atoms with van der Waals surface area (Å²) >= 11 is 0. The fourth-order valence-corrected chi connectivity index (χ4v) is 3.88. The predicted octanol–water partition coefficient (Wildman–Crippen LogP) is 1.50. The Kier molecular flexibility index (Phi) is 5.14. The average molecular weight is 333 g/mol. The minimum atomic E-state index is -0.459. The van der Waals surface area contributed by atoms with Crippen molar-refractivity contribution in [1.82, 2.24) is 15.1 Å². The topological polar surface area (TPSA) is 52.6 Å². The van der Waals surface area contributed by atoms with E-state index in [4.69, 9.17) is 0 Å². The molecule has 2 fully saturated rings. The second kappa shape index (κ2) is 7.30. The van der Waals surface area contributed by atoms with E-state index in [9.17, 15) is 14.0 Å². The molecule has 0 radical (unpaired) electrons. The lowest BCUT2D eigenvalue weighted by Gasteiger charge is -2.46. The zero-order chi connectivity index (χ0) is 17.1. The Balaban J connectivity index is 1.57. The van der Waals surface area contributed by atoms with Crippen LogP contribution in [0.2, 0.25) is 0 Å². The number of fused-ring (bicyclic) bond motifs is 1. The smallest absolute Gasteiger partial charge is 0.251 e. The van der Waals surface area contributed by atoms with Crippen molar-refractivity contribution < 1.29 is 14.0 Å². The van der Waals surface area contributed by atoms with Crippen LogP contribution in [0, 0.1) is 11.7 Å². The Labute approximate surface area is 141 Å². The summed E-state index contributed by atoms with van der Waals surface area (Å²) in [7, 11) is 2.12. The number of halogens is 1. The maximum atomic E-state index is 13.2. The summed E-state index contributed by atoms with van der Waals surface area (Å²) in [6.07, 6.45) is 3.16. The third-order valence-corrected chi connectivity index (χ3v) is 5.08. The molecule has 2 aliphatic heterocycles. The van der Waals surface area contributed by atoms with E-state index in [0.717, 1.165) is 38.9 Å². The van der Waals surface area contributed by atoms with Crippen LogP contribution in [0.4, 0.5) is 4.39 Å². The number of nitrogens with zero attached hydrogens (tertiary/aromatic N) is 2. The molecule has 1 aromatic rings. The Morgan fingerprint density at radius 3 is 2.92 bits per heavy atom. The van der Waals surface area contributed by atoms with E-state index < -0.39 is 11.7 Å². The highest BCUT2D eigenvalue weighted by atomic mass is 19.1. The summed E-state index contributed by atoms with van der Waals surface area (Å²) in [4.78, 5) is 28.9. The van der Waals surface area contributed by atoms with Crippen molar-refractivity contribution in [2.45, 2.75) is 25.3 Å². The molecule has 2 atom stereocenters. The normalized spacial score (nSPS) is 24.3. The molecule has 2 heterocycles. The number of piperidine rings is 2. The molecule has 2 unspecified atom stereocenters. The van der Waals surface area contributed by atoms with Crippen LogP contribution < -0.4 is 5.32 Å². The van der Waals surface area contributed by atoms with Gasteiger partial charge in [-0.05, 0) is 57.0 Å². The highest BCUT2D eigenvalue weighted by Gasteiger charge is 2.37. The van der Waals surface area contributed by atoms with Gasteiger partial charge in [-0.2, -0.15) is 0 Å². The van der Waals surface area contributed by atoms with Gasteiger partial charge in [-0.25, -0.2) is 4.39 Å². The van der Waals surface area contributed by atoms with Crippen LogP contribution in [-0.4, -0.2) is 60.9 Å². The third kappa shape index (κ3) is 3.75. The maximum absolute atomic E-state index is 13.2. The van der Waals surface area contributed by atoms with Crippen LogP contribution in [0.15, 0.2) is 24.3 Å². The van der Waals surface area contributed by atoms with Crippen LogP contribution >= 0.6 is 0 Å². The van der Waals surface area contributed by atoms with Gasteiger partial charge in [-0.1, -0.05) is 6.07 Å². The Bertz CT molecular complexity index is 622. The molecule has 2 aliphatic rings. The molecule has 3 rings (SSSR count). The number of hydrogen-bond donors (Lipinski definition) is 1. The largest absolute Gasteiger partial charge is 0.343 e. The number of carbonyl (C=O) groups is 2. The van der Waals surface area contributed by atoms with Crippen LogP contribution in [0.5, 0.6) is 0 Å². The zero-order valence-corrected chi connectivity index (χ0v) is 14.0. The fraction of sp³-hybridized carbons (Fsp3) is 0.556. The zero-order valence-electron chi connectivity index (χ0n) is 14.0. The molecule has 6 heteroatoms. The van der Waals surface area contributed by atoms with E-state index in [2.05, 4.69) is 17.3 Å². The first kappa shape index (κ1) is 16.9. The third-order valence-electron chi connectivity index (χ3n) is 5.08. The molecule has 0 spiro atoms. The number of rotatable bonds is 3. The SMILES string of the molecule is CN1CCC2C(CCCN2C(=O)CNC(=O)c2cccc(F)c2)C1. The molecule has 2 saturated heterocycles. The first-order chi connectivity index (χ1) is 11.5. The number of benzene rings is 1. The molecule has 130 valence electrons. The summed E-state index contributed by atoms with van der Waals surface area (Å²) in [5, 5.41) is 2.62. The van der Waals surface area contributed by atoms with Crippen LogP contribution in [0.1, 0.15) is 29.6 Å². The minimum Gasteiger partial charge on any atom is -0.343 e. The minimum absolute atomic E-state index is 0.0333. The number of likely N-dealkylation sites (tertiary alicyclic amines) is 2. The van der Waals surface area contributed by atoms with Gasteiger partial charge in [0.1, 0.15) is 5.82 Å². The van der Waals surface area contributed by atoms with E-state index >= 15 is 0 Å². The first-order valence-electron chi connectivity index (χ1n) is 8.56. The first-order valence-corrected chi connectivity index (χ1v) is 8.56. The monoisotopic (exact) mass is 333 g/mol. The van der Waals surface area contributed by atoms with Gasteiger partial charge in [0.05, 0.1) is 6.54 Å². The second-order valence-corrected chi connectivity index (χ2v) is 6.80. The summed E-state index contributed by atoms with van der Waals surface area (Å²) in [5.74, 6) is -0.390. The number of amides is 2. The van der Waals surface area contributed by atoms with E-state index in [-0.39, 0.29) is 24.1 Å². The average Bonchev–Trinajstić information content (AvgIpc) is 2.58. The van der Waals surface area contributed by atoms with Crippen molar-refractivity contribution in [3.05, 3.63) is 35.6 Å². The quantitative estimate of drug-likeness (QED) is 0.912. The van der Waals surface area contributed by atoms with E-state index in [1.165, 1.54) is 24.3 Å². The number of carbonyl (C=O) groups excluding carboxylic acids is 2. The van der Waals surface area contributed by atoms with Crippen molar-refractivity contribution in [2.24, 2.45) is 5.92 Å². The molecule has 1 N–H and O–H groups in total. The van der Waals surface area contributed by atoms with Gasteiger partial charge < -0.3 is 15.1 Å². The van der Waals surface area contributed by atoms with Gasteiger partial charge in [-0.3, -0.25) is 9.59 Å². The standard InChI is InChI=1S/C18H24FN3O2/c1-21-9-7-16-14(12-21)5-3-8-22(16)17(23)11-20-18(24)13-4-2-6-15(19)10-13/h2,4,6,10,14,16H,3,5,7-9,11-12H2,1H3,(H,20,24). The summed E-state index contributed by atoms with van der Waals surface area (Å²) in [5.41, 5.74) is 0.235. The summed E-state index contributed by atoms with van der Waals surface area (Å²) in [6, 6.07) is 5.77. The highest BCUT2D eigenvalue weighted by Crippen LogP contribution is 2.30. The van der Waals surface area contributed by atoms with Crippen molar-refractivity contribution in [3.63, 3.8) is 0 Å². The van der Waals surface area contributed by atoms with E-state index in [1.54, 1.807) is 0 Å². The van der Waals surface area contributed by atoms with Gasteiger partial charge >= 0.3 is 0 Å². The second-order valence-electron chi connectivity index (χ2n) is 6.80. The maximum Gasteiger partial charge on any atom is 0.251 e. The molecule has 24 heavy (non-hydrogen) atoms. The Hall–Kier alpha value is -1.95. The molecule has 1 aromatic carbocycles. The molecular weight excluding hydrogens is 309 g/mol. The van der Waals surface area contributed by atoms with Gasteiger partial charge in [-0.15, -0.1) is 0 Å². The number of nitrogens with one attached hydrogen (secondary N) is 1. The van der Waals surface area contributed by atoms with Crippen molar-refractivity contribution in [3.8, 4) is 0 Å². The number of hydrogen-bond acceptors (Lipinski definition) is 3. The van der Waals surface area contributed by atoms with Crippen LogP contribution in [0.3, 0.4) is 0 Å². The predicted molar refractivity (Wildman–Crippen MR) is 89.1 cm³/mol. The Morgan fingerprint density at radius 1 is 1.29 bits per heavy atom.